The van der Waals surface area contributed by atoms with Gasteiger partial charge >= 0.3 is 0 Å². The summed E-state index contributed by atoms with van der Waals surface area (Å²) in [4.78, 5) is 28.4. The number of benzene rings is 2. The Labute approximate surface area is 228 Å². The highest BCUT2D eigenvalue weighted by Crippen LogP contribution is 2.26. The molecule has 1 fully saturated rings. The van der Waals surface area contributed by atoms with Crippen molar-refractivity contribution in [2.24, 2.45) is 0 Å². The Balaban J connectivity index is 1.82. The fourth-order valence-corrected chi connectivity index (χ4v) is 5.73. The molecule has 1 aliphatic rings. The van der Waals surface area contributed by atoms with Gasteiger partial charge < -0.3 is 10.2 Å². The van der Waals surface area contributed by atoms with Crippen molar-refractivity contribution in [1.82, 2.24) is 10.2 Å². The van der Waals surface area contributed by atoms with E-state index < -0.39 is 22.0 Å². The van der Waals surface area contributed by atoms with Gasteiger partial charge in [-0.15, -0.1) is 0 Å². The molecule has 7 nitrogen and oxygen atoms in total. The monoisotopic (exact) mass is 541 g/mol. The molecule has 3 rings (SSSR count). The Bertz CT molecular complexity index is 1170. The number of sulfonamides is 1. The normalized spacial score (nSPS) is 15.5. The molecule has 2 aromatic rings. The summed E-state index contributed by atoms with van der Waals surface area (Å²) in [5.41, 5.74) is 2.46. The third-order valence-electron chi connectivity index (χ3n) is 7.30. The van der Waals surface area contributed by atoms with Crippen molar-refractivity contribution in [3.63, 3.8) is 0 Å². The number of amides is 2. The van der Waals surface area contributed by atoms with E-state index in [1.54, 1.807) is 19.1 Å². The highest BCUT2D eigenvalue weighted by atomic mass is 32.2. The van der Waals surface area contributed by atoms with E-state index in [1.807, 2.05) is 42.5 Å². The molecular formula is C30H43N3O4S. The number of nitrogens with one attached hydrogen (secondary N) is 1. The van der Waals surface area contributed by atoms with Gasteiger partial charge in [-0.1, -0.05) is 82.5 Å². The van der Waals surface area contributed by atoms with Crippen LogP contribution in [-0.2, 0) is 31.4 Å². The lowest BCUT2D eigenvalue weighted by atomic mass is 9.87. The predicted octanol–water partition coefficient (Wildman–Crippen LogP) is 4.66. The van der Waals surface area contributed by atoms with Gasteiger partial charge in [0.25, 0.3) is 0 Å². The molecule has 1 atom stereocenters. The average Bonchev–Trinajstić information content (AvgIpc) is 2.87. The van der Waals surface area contributed by atoms with E-state index in [1.165, 1.54) is 11.3 Å². The average molecular weight is 542 g/mol. The maximum absolute atomic E-state index is 13.7. The van der Waals surface area contributed by atoms with E-state index in [4.69, 9.17) is 0 Å². The van der Waals surface area contributed by atoms with Crippen molar-refractivity contribution in [2.45, 2.75) is 83.7 Å². The number of nitrogens with zero attached hydrogens (tertiary/aromatic N) is 2. The number of anilines is 1. The molecule has 0 radical (unpaired) electrons. The van der Waals surface area contributed by atoms with E-state index in [-0.39, 0.29) is 23.9 Å². The number of hydrogen-bond donors (Lipinski definition) is 1. The molecule has 38 heavy (non-hydrogen) atoms. The molecule has 2 aromatic carbocycles. The van der Waals surface area contributed by atoms with Crippen molar-refractivity contribution in [3.8, 4) is 0 Å². The maximum Gasteiger partial charge on any atom is 0.244 e. The molecule has 0 bridgehead atoms. The summed E-state index contributed by atoms with van der Waals surface area (Å²) in [6.07, 6.45) is 6.92. The summed E-state index contributed by atoms with van der Waals surface area (Å²) in [5.74, 6) is -0.601. The van der Waals surface area contributed by atoms with E-state index in [0.29, 0.717) is 18.7 Å². The molecule has 0 aromatic heterocycles. The van der Waals surface area contributed by atoms with Gasteiger partial charge in [0, 0.05) is 12.6 Å². The van der Waals surface area contributed by atoms with Crippen LogP contribution in [0.2, 0.25) is 0 Å². The summed E-state index contributed by atoms with van der Waals surface area (Å²) >= 11 is 0. The maximum atomic E-state index is 13.7. The van der Waals surface area contributed by atoms with Crippen LogP contribution in [0.3, 0.4) is 0 Å². The van der Waals surface area contributed by atoms with Crippen LogP contribution in [0.25, 0.3) is 0 Å². The second-order valence-electron chi connectivity index (χ2n) is 11.4. The van der Waals surface area contributed by atoms with Crippen LogP contribution < -0.4 is 9.62 Å². The van der Waals surface area contributed by atoms with Gasteiger partial charge in [0.1, 0.15) is 12.6 Å². The van der Waals surface area contributed by atoms with Crippen LogP contribution >= 0.6 is 0 Å². The van der Waals surface area contributed by atoms with Crippen LogP contribution in [-0.4, -0.2) is 56.6 Å². The number of carbonyl (C=O) groups excluding carboxylic acids is 2. The van der Waals surface area contributed by atoms with Crippen LogP contribution in [0.5, 0.6) is 0 Å². The minimum Gasteiger partial charge on any atom is -0.352 e. The molecule has 208 valence electrons. The Morgan fingerprint density at radius 2 is 1.58 bits per heavy atom. The standard InChI is InChI=1S/C30H43N3O4S/c1-23(29(35)31-26-14-10-7-11-15-26)32(21-20-24-12-8-6-9-13-24)28(34)22-33(38(5,36)37)27-18-16-25(17-19-27)30(2,3)4/h6,8-9,12-13,16-19,23,26H,7,10-11,14-15,20-22H2,1-5H3,(H,31,35)/t23-/m1/s1. The summed E-state index contributed by atoms with van der Waals surface area (Å²) in [6, 6.07) is 16.4. The zero-order valence-electron chi connectivity index (χ0n) is 23.4. The van der Waals surface area contributed by atoms with Crippen molar-refractivity contribution in [2.75, 3.05) is 23.7 Å². The molecule has 0 spiro atoms. The molecule has 0 heterocycles. The SMILES string of the molecule is C[C@H](C(=O)NC1CCCCC1)N(CCc1ccccc1)C(=O)CN(c1ccc(C(C)(C)C)cc1)S(C)(=O)=O. The quantitative estimate of drug-likeness (QED) is 0.474. The first-order valence-electron chi connectivity index (χ1n) is 13.6. The van der Waals surface area contributed by atoms with E-state index in [9.17, 15) is 18.0 Å². The van der Waals surface area contributed by atoms with Gasteiger partial charge in [-0.3, -0.25) is 13.9 Å². The Hall–Kier alpha value is -2.87. The fraction of sp³-hybridized carbons (Fsp3) is 0.533. The van der Waals surface area contributed by atoms with E-state index in [0.717, 1.165) is 47.4 Å². The van der Waals surface area contributed by atoms with Crippen LogP contribution in [0.15, 0.2) is 54.6 Å². The van der Waals surface area contributed by atoms with Crippen molar-refractivity contribution >= 4 is 27.5 Å². The van der Waals surface area contributed by atoms with E-state index in [2.05, 4.69) is 26.1 Å². The van der Waals surface area contributed by atoms with Crippen LogP contribution in [0.1, 0.15) is 70.9 Å². The lowest BCUT2D eigenvalue weighted by Crippen LogP contribution is -2.53. The smallest absolute Gasteiger partial charge is 0.244 e. The highest BCUT2D eigenvalue weighted by Gasteiger charge is 2.31. The first-order chi connectivity index (χ1) is 17.9. The lowest BCUT2D eigenvalue weighted by molar-refractivity contribution is -0.139. The first kappa shape index (κ1) is 29.7. The zero-order valence-corrected chi connectivity index (χ0v) is 24.3. The zero-order chi connectivity index (χ0) is 27.9. The Morgan fingerprint density at radius 3 is 2.13 bits per heavy atom. The molecule has 0 aliphatic heterocycles. The van der Waals surface area contributed by atoms with Gasteiger partial charge in [0.2, 0.25) is 21.8 Å². The Kier molecular flexibility index (Phi) is 9.99. The van der Waals surface area contributed by atoms with Crippen molar-refractivity contribution < 1.29 is 18.0 Å². The second kappa shape index (κ2) is 12.8. The van der Waals surface area contributed by atoms with Crippen LogP contribution in [0, 0.1) is 0 Å². The fourth-order valence-electron chi connectivity index (χ4n) is 4.88. The molecule has 1 aliphatic carbocycles. The number of rotatable bonds is 10. The van der Waals surface area contributed by atoms with Gasteiger partial charge in [-0.25, -0.2) is 8.42 Å². The number of hydrogen-bond acceptors (Lipinski definition) is 4. The third kappa shape index (κ3) is 8.32. The summed E-state index contributed by atoms with van der Waals surface area (Å²) in [5, 5.41) is 3.12. The molecule has 1 saturated carbocycles. The Morgan fingerprint density at radius 1 is 0.974 bits per heavy atom. The minimum atomic E-state index is -3.75. The summed E-state index contributed by atoms with van der Waals surface area (Å²) in [6.45, 7) is 7.93. The topological polar surface area (TPSA) is 86.8 Å². The molecule has 0 saturated heterocycles. The molecule has 8 heteroatoms. The van der Waals surface area contributed by atoms with E-state index >= 15 is 0 Å². The second-order valence-corrected chi connectivity index (χ2v) is 13.3. The predicted molar refractivity (Wildman–Crippen MR) is 154 cm³/mol. The largest absolute Gasteiger partial charge is 0.352 e. The van der Waals surface area contributed by atoms with Gasteiger partial charge in [-0.05, 0) is 54.9 Å². The van der Waals surface area contributed by atoms with Gasteiger partial charge in [0.15, 0.2) is 0 Å². The van der Waals surface area contributed by atoms with Crippen LogP contribution in [0.4, 0.5) is 5.69 Å². The molecular weight excluding hydrogens is 498 g/mol. The molecule has 0 unspecified atom stereocenters. The number of carbonyl (C=O) groups is 2. The molecule has 1 N–H and O–H groups in total. The minimum absolute atomic E-state index is 0.0837. The van der Waals surface area contributed by atoms with Crippen molar-refractivity contribution in [1.29, 1.82) is 0 Å². The highest BCUT2D eigenvalue weighted by molar-refractivity contribution is 7.92. The van der Waals surface area contributed by atoms with Crippen molar-refractivity contribution in [3.05, 3.63) is 65.7 Å². The van der Waals surface area contributed by atoms with Gasteiger partial charge in [-0.2, -0.15) is 0 Å². The molecule has 2 amide bonds. The third-order valence-corrected chi connectivity index (χ3v) is 8.44. The first-order valence-corrected chi connectivity index (χ1v) is 15.4. The lowest BCUT2D eigenvalue weighted by Gasteiger charge is -2.33. The summed E-state index contributed by atoms with van der Waals surface area (Å²) in [7, 11) is -3.75. The summed E-state index contributed by atoms with van der Waals surface area (Å²) < 4.78 is 26.7. The van der Waals surface area contributed by atoms with Gasteiger partial charge in [0.05, 0.1) is 11.9 Å².